The van der Waals surface area contributed by atoms with E-state index in [1.807, 2.05) is 33.1 Å². The number of amides is 1. The van der Waals surface area contributed by atoms with E-state index in [1.54, 1.807) is 4.90 Å². The summed E-state index contributed by atoms with van der Waals surface area (Å²) in [5.74, 6) is -0.813. The van der Waals surface area contributed by atoms with E-state index in [9.17, 15) is 14.7 Å². The lowest BCUT2D eigenvalue weighted by Crippen LogP contribution is -2.48. The van der Waals surface area contributed by atoms with Crippen LogP contribution in [0.25, 0.3) is 0 Å². The zero-order valence-electron chi connectivity index (χ0n) is 14.1. The van der Waals surface area contributed by atoms with E-state index in [0.29, 0.717) is 32.4 Å². The highest BCUT2D eigenvalue weighted by Crippen LogP contribution is 2.36. The van der Waals surface area contributed by atoms with Crippen molar-refractivity contribution in [1.82, 2.24) is 9.88 Å². The summed E-state index contributed by atoms with van der Waals surface area (Å²) in [4.78, 5) is 29.9. The van der Waals surface area contributed by atoms with Crippen molar-refractivity contribution in [2.75, 3.05) is 13.1 Å². The number of rotatable bonds is 3. The molecule has 0 saturated carbocycles. The van der Waals surface area contributed by atoms with Gasteiger partial charge in [-0.15, -0.1) is 11.3 Å². The monoisotopic (exact) mass is 340 g/mol. The van der Waals surface area contributed by atoms with Gasteiger partial charge in [-0.2, -0.15) is 0 Å². The van der Waals surface area contributed by atoms with Crippen molar-refractivity contribution in [1.29, 1.82) is 0 Å². The largest absolute Gasteiger partial charge is 0.481 e. The van der Waals surface area contributed by atoms with E-state index in [2.05, 4.69) is 4.98 Å². The number of carboxylic acid groups (broad SMARTS) is 1. The normalized spacial score (nSPS) is 17.8. The van der Waals surface area contributed by atoms with Gasteiger partial charge in [0.15, 0.2) is 0 Å². The third kappa shape index (κ3) is 4.43. The molecule has 6 nitrogen and oxygen atoms in total. The van der Waals surface area contributed by atoms with Crippen molar-refractivity contribution in [2.24, 2.45) is 5.41 Å². The molecule has 0 atom stereocenters. The fourth-order valence-corrected chi connectivity index (χ4v) is 3.36. The maximum atomic E-state index is 12.1. The standard InChI is InChI=1S/C16H24N2O4S/c1-11-17-12(10-23-11)9-16(13(19)20)5-7-18(8-6-16)14(21)22-15(2,3)4/h10H,5-9H2,1-4H3,(H,19,20). The van der Waals surface area contributed by atoms with Gasteiger partial charge in [0.25, 0.3) is 0 Å². The molecular formula is C16H24N2O4S. The highest BCUT2D eigenvalue weighted by atomic mass is 32.1. The molecule has 1 amide bonds. The van der Waals surface area contributed by atoms with Crippen molar-refractivity contribution < 1.29 is 19.4 Å². The first-order chi connectivity index (χ1) is 10.6. The lowest BCUT2D eigenvalue weighted by Gasteiger charge is -2.39. The number of likely N-dealkylation sites (tertiary alicyclic amines) is 1. The van der Waals surface area contributed by atoms with Crippen LogP contribution in [0.2, 0.25) is 0 Å². The molecule has 128 valence electrons. The third-order valence-electron chi connectivity index (χ3n) is 4.01. The molecule has 2 rings (SSSR count). The highest BCUT2D eigenvalue weighted by Gasteiger charge is 2.43. The van der Waals surface area contributed by atoms with Crippen molar-refractivity contribution in [3.05, 3.63) is 16.1 Å². The van der Waals surface area contributed by atoms with E-state index in [4.69, 9.17) is 4.74 Å². The number of piperidine rings is 1. The molecule has 0 spiro atoms. The Hall–Kier alpha value is -1.63. The molecule has 1 fully saturated rings. The minimum absolute atomic E-state index is 0.374. The van der Waals surface area contributed by atoms with Crippen LogP contribution in [-0.4, -0.2) is 45.7 Å². The van der Waals surface area contributed by atoms with Crippen LogP contribution in [0.5, 0.6) is 0 Å². The first kappa shape index (κ1) is 17.7. The number of carbonyl (C=O) groups is 2. The minimum Gasteiger partial charge on any atom is -0.481 e. The fourth-order valence-electron chi connectivity index (χ4n) is 2.75. The predicted octanol–water partition coefficient (Wildman–Crippen LogP) is 3.10. The van der Waals surface area contributed by atoms with E-state index < -0.39 is 17.0 Å². The van der Waals surface area contributed by atoms with Gasteiger partial charge < -0.3 is 14.7 Å². The molecule has 0 aromatic carbocycles. The van der Waals surface area contributed by atoms with Gasteiger partial charge in [0.05, 0.1) is 16.1 Å². The minimum atomic E-state index is -0.848. The molecule has 1 aliphatic heterocycles. The van der Waals surface area contributed by atoms with Gasteiger partial charge in [-0.3, -0.25) is 4.79 Å². The summed E-state index contributed by atoms with van der Waals surface area (Å²) in [5.41, 5.74) is -0.573. The van der Waals surface area contributed by atoms with E-state index >= 15 is 0 Å². The number of carbonyl (C=O) groups excluding carboxylic acids is 1. The smallest absolute Gasteiger partial charge is 0.410 e. The number of hydrogen-bond acceptors (Lipinski definition) is 5. The van der Waals surface area contributed by atoms with Gasteiger partial charge >= 0.3 is 12.1 Å². The first-order valence-corrected chi connectivity index (χ1v) is 8.62. The van der Waals surface area contributed by atoms with Gasteiger partial charge in [0.1, 0.15) is 5.60 Å². The lowest BCUT2D eigenvalue weighted by atomic mass is 9.75. The Balaban J connectivity index is 2.03. The Bertz CT molecular complexity index is 583. The maximum absolute atomic E-state index is 12.1. The quantitative estimate of drug-likeness (QED) is 0.914. The molecule has 0 radical (unpaired) electrons. The zero-order valence-corrected chi connectivity index (χ0v) is 14.9. The molecule has 2 heterocycles. The van der Waals surface area contributed by atoms with Gasteiger partial charge in [-0.25, -0.2) is 9.78 Å². The van der Waals surface area contributed by atoms with Gasteiger partial charge in [-0.05, 0) is 40.5 Å². The summed E-state index contributed by atoms with van der Waals surface area (Å²) in [6.45, 7) is 8.16. The second kappa shape index (κ2) is 6.47. The predicted molar refractivity (Wildman–Crippen MR) is 87.7 cm³/mol. The number of aliphatic carboxylic acids is 1. The molecule has 1 N–H and O–H groups in total. The van der Waals surface area contributed by atoms with Crippen LogP contribution in [0.4, 0.5) is 4.79 Å². The van der Waals surface area contributed by atoms with Crippen molar-refractivity contribution in [3.63, 3.8) is 0 Å². The molecule has 0 aliphatic carbocycles. The molecule has 7 heteroatoms. The topological polar surface area (TPSA) is 79.7 Å². The molecule has 1 aromatic heterocycles. The van der Waals surface area contributed by atoms with E-state index in [1.165, 1.54) is 11.3 Å². The summed E-state index contributed by atoms with van der Waals surface area (Å²) in [6, 6.07) is 0. The number of nitrogens with zero attached hydrogens (tertiary/aromatic N) is 2. The van der Waals surface area contributed by atoms with Crippen LogP contribution in [0, 0.1) is 12.3 Å². The van der Waals surface area contributed by atoms with Crippen molar-refractivity contribution in [2.45, 2.75) is 52.6 Å². The van der Waals surface area contributed by atoms with Gasteiger partial charge in [0, 0.05) is 24.9 Å². The van der Waals surface area contributed by atoms with Crippen LogP contribution in [0.1, 0.15) is 44.3 Å². The summed E-state index contributed by atoms with van der Waals surface area (Å²) in [6.07, 6.45) is 0.867. The maximum Gasteiger partial charge on any atom is 0.410 e. The third-order valence-corrected chi connectivity index (χ3v) is 4.83. The molecule has 1 aromatic rings. The molecule has 0 unspecified atom stereocenters. The zero-order chi connectivity index (χ0) is 17.3. The van der Waals surface area contributed by atoms with Crippen LogP contribution in [0.15, 0.2) is 5.38 Å². The summed E-state index contributed by atoms with van der Waals surface area (Å²) in [5, 5.41) is 12.6. The molecule has 0 bridgehead atoms. The second-order valence-corrected chi connectivity index (χ2v) is 8.15. The Morgan fingerprint density at radius 2 is 2.00 bits per heavy atom. The molecular weight excluding hydrogens is 316 g/mol. The Kier molecular flexibility index (Phi) is 4.98. The lowest BCUT2D eigenvalue weighted by molar-refractivity contribution is -0.152. The number of aryl methyl sites for hydroxylation is 1. The fraction of sp³-hybridized carbons (Fsp3) is 0.688. The Labute approximate surface area is 140 Å². The number of hydrogen-bond donors (Lipinski definition) is 1. The summed E-state index contributed by atoms with van der Waals surface area (Å²) >= 11 is 1.53. The molecule has 23 heavy (non-hydrogen) atoms. The number of thiazole rings is 1. The second-order valence-electron chi connectivity index (χ2n) is 7.09. The highest BCUT2D eigenvalue weighted by molar-refractivity contribution is 7.09. The number of ether oxygens (including phenoxy) is 1. The van der Waals surface area contributed by atoms with Crippen LogP contribution in [0.3, 0.4) is 0 Å². The van der Waals surface area contributed by atoms with Gasteiger partial charge in [0.2, 0.25) is 0 Å². The van der Waals surface area contributed by atoms with Crippen LogP contribution in [-0.2, 0) is 16.0 Å². The SMILES string of the molecule is Cc1nc(CC2(C(=O)O)CCN(C(=O)OC(C)(C)C)CC2)cs1. The first-order valence-electron chi connectivity index (χ1n) is 7.74. The van der Waals surface area contributed by atoms with E-state index in [-0.39, 0.29) is 6.09 Å². The summed E-state index contributed by atoms with van der Waals surface area (Å²) in [7, 11) is 0. The molecule has 1 aliphatic rings. The van der Waals surface area contributed by atoms with Crippen LogP contribution < -0.4 is 0 Å². The van der Waals surface area contributed by atoms with Gasteiger partial charge in [-0.1, -0.05) is 0 Å². The summed E-state index contributed by atoms with van der Waals surface area (Å²) < 4.78 is 5.36. The molecule has 1 saturated heterocycles. The van der Waals surface area contributed by atoms with Crippen molar-refractivity contribution >= 4 is 23.4 Å². The average molecular weight is 340 g/mol. The van der Waals surface area contributed by atoms with Crippen molar-refractivity contribution in [3.8, 4) is 0 Å². The van der Waals surface area contributed by atoms with E-state index in [0.717, 1.165) is 10.7 Å². The van der Waals surface area contributed by atoms with Crippen LogP contribution >= 0.6 is 11.3 Å². The number of aromatic nitrogens is 1. The Morgan fingerprint density at radius 1 is 1.39 bits per heavy atom. The number of carboxylic acids is 1. The average Bonchev–Trinajstić information content (AvgIpc) is 2.82. The Morgan fingerprint density at radius 3 is 2.43 bits per heavy atom.